The molecule has 3 aromatic heterocycles. The van der Waals surface area contributed by atoms with Crippen molar-refractivity contribution < 1.29 is 9.21 Å². The molecule has 0 unspecified atom stereocenters. The number of ketones is 1. The maximum Gasteiger partial charge on any atom is 0.268 e. The van der Waals surface area contributed by atoms with Gasteiger partial charge in [-0.2, -0.15) is 0 Å². The van der Waals surface area contributed by atoms with Crippen molar-refractivity contribution in [1.82, 2.24) is 25.4 Å². The second kappa shape index (κ2) is 9.28. The lowest BCUT2D eigenvalue weighted by molar-refractivity contribution is 0.0900. The molecule has 33 heavy (non-hydrogen) atoms. The maximum absolute atomic E-state index is 12.9. The number of carbonyl (C=O) groups is 1. The number of aryl methyl sites for hydroxylation is 1. The summed E-state index contributed by atoms with van der Waals surface area (Å²) in [7, 11) is 0. The normalized spacial score (nSPS) is 14.4. The van der Waals surface area contributed by atoms with Gasteiger partial charge in [0.2, 0.25) is 5.89 Å². The lowest BCUT2D eigenvalue weighted by Crippen LogP contribution is -2.37. The first-order valence-electron chi connectivity index (χ1n) is 11.1. The first-order chi connectivity index (χ1) is 16.2. The molecule has 4 heterocycles. The molecule has 0 radical (unpaired) electrons. The Morgan fingerprint density at radius 2 is 1.85 bits per heavy atom. The number of benzene rings is 1. The molecule has 1 fully saturated rings. The summed E-state index contributed by atoms with van der Waals surface area (Å²) in [6.07, 6.45) is 5.62. The molecule has 0 aliphatic carbocycles. The summed E-state index contributed by atoms with van der Waals surface area (Å²) in [6.45, 7) is 3.53. The number of hydrogen-bond donors (Lipinski definition) is 0. The van der Waals surface area contributed by atoms with Crippen molar-refractivity contribution in [2.45, 2.75) is 26.2 Å². The number of carbonyl (C=O) groups excluding carboxylic acids is 1. The molecule has 1 aliphatic rings. The van der Waals surface area contributed by atoms with Gasteiger partial charge in [0.05, 0.1) is 6.42 Å². The van der Waals surface area contributed by atoms with E-state index < -0.39 is 0 Å². The Morgan fingerprint density at radius 1 is 1.00 bits per heavy atom. The summed E-state index contributed by atoms with van der Waals surface area (Å²) >= 11 is 0. The minimum absolute atomic E-state index is 0.0474. The molecule has 1 saturated heterocycles. The molecule has 166 valence electrons. The van der Waals surface area contributed by atoms with E-state index in [9.17, 15) is 4.79 Å². The highest BCUT2D eigenvalue weighted by molar-refractivity contribution is 5.99. The minimum Gasteiger partial charge on any atom is -0.419 e. The van der Waals surface area contributed by atoms with Gasteiger partial charge in [0.15, 0.2) is 11.6 Å². The number of rotatable bonds is 6. The number of piperidine rings is 1. The van der Waals surface area contributed by atoms with Crippen molar-refractivity contribution in [1.29, 1.82) is 0 Å². The van der Waals surface area contributed by atoms with Crippen LogP contribution >= 0.6 is 0 Å². The molecule has 8 nitrogen and oxygen atoms in total. The number of aromatic nitrogens is 5. The van der Waals surface area contributed by atoms with Gasteiger partial charge < -0.3 is 9.32 Å². The topological polar surface area (TPSA) is 97.9 Å². The highest BCUT2D eigenvalue weighted by atomic mass is 16.4. The summed E-state index contributed by atoms with van der Waals surface area (Å²) < 4.78 is 5.75. The van der Waals surface area contributed by atoms with Crippen LogP contribution < -0.4 is 4.90 Å². The Morgan fingerprint density at radius 3 is 2.58 bits per heavy atom. The molecule has 5 rings (SSSR count). The predicted octanol–water partition coefficient (Wildman–Crippen LogP) is 3.92. The zero-order valence-corrected chi connectivity index (χ0v) is 18.4. The molecule has 0 bridgehead atoms. The van der Waals surface area contributed by atoms with E-state index in [-0.39, 0.29) is 11.7 Å². The van der Waals surface area contributed by atoms with E-state index in [4.69, 9.17) is 4.42 Å². The summed E-state index contributed by atoms with van der Waals surface area (Å²) in [5, 5.41) is 16.9. The molecule has 4 aromatic rings. The van der Waals surface area contributed by atoms with Crippen LogP contribution in [0.5, 0.6) is 0 Å². The molecule has 0 amide bonds. The Balaban J connectivity index is 1.20. The first-order valence-corrected chi connectivity index (χ1v) is 11.1. The van der Waals surface area contributed by atoms with Crippen LogP contribution in [0.3, 0.4) is 0 Å². The number of anilines is 1. The Bertz CT molecular complexity index is 1230. The van der Waals surface area contributed by atoms with E-state index >= 15 is 0 Å². The fourth-order valence-corrected chi connectivity index (χ4v) is 4.15. The highest BCUT2D eigenvalue weighted by Gasteiger charge is 2.27. The van der Waals surface area contributed by atoms with Gasteiger partial charge in [0, 0.05) is 37.0 Å². The molecule has 0 atom stereocenters. The SMILES string of the molecule is Cc1ccccc1C(=O)C1CCN(c2ccc(-c3nnc(Cc4cccnc4)o3)nn2)CC1. The van der Waals surface area contributed by atoms with Crippen LogP contribution in [0.1, 0.15) is 40.2 Å². The van der Waals surface area contributed by atoms with E-state index in [1.165, 1.54) is 0 Å². The third kappa shape index (κ3) is 4.64. The summed E-state index contributed by atoms with van der Waals surface area (Å²) in [5.74, 6) is 1.93. The van der Waals surface area contributed by atoms with Crippen LogP contribution in [-0.4, -0.2) is 44.3 Å². The van der Waals surface area contributed by atoms with Gasteiger partial charge in [-0.1, -0.05) is 30.3 Å². The smallest absolute Gasteiger partial charge is 0.268 e. The zero-order valence-electron chi connectivity index (χ0n) is 18.4. The molecular weight excluding hydrogens is 416 g/mol. The van der Waals surface area contributed by atoms with Gasteiger partial charge in [-0.05, 0) is 49.1 Å². The predicted molar refractivity (Wildman–Crippen MR) is 123 cm³/mol. The number of Topliss-reactive ketones (excluding diaryl/α,β-unsaturated/α-hetero) is 1. The van der Waals surface area contributed by atoms with E-state index in [0.717, 1.165) is 48.4 Å². The average Bonchev–Trinajstić information content (AvgIpc) is 3.33. The lowest BCUT2D eigenvalue weighted by atomic mass is 9.87. The van der Waals surface area contributed by atoms with Gasteiger partial charge >= 0.3 is 0 Å². The Hall–Kier alpha value is -3.94. The third-order valence-electron chi connectivity index (χ3n) is 6.01. The van der Waals surface area contributed by atoms with Crippen molar-refractivity contribution in [2.75, 3.05) is 18.0 Å². The molecule has 0 saturated carbocycles. The van der Waals surface area contributed by atoms with E-state index in [1.807, 2.05) is 55.5 Å². The van der Waals surface area contributed by atoms with Crippen LogP contribution in [0.4, 0.5) is 5.82 Å². The third-order valence-corrected chi connectivity index (χ3v) is 6.01. The van der Waals surface area contributed by atoms with Crippen molar-refractivity contribution in [3.05, 3.63) is 83.5 Å². The van der Waals surface area contributed by atoms with Crippen molar-refractivity contribution in [3.8, 4) is 11.6 Å². The Kier molecular flexibility index (Phi) is 5.89. The van der Waals surface area contributed by atoms with Gasteiger partial charge in [0.1, 0.15) is 5.69 Å². The average molecular weight is 441 g/mol. The van der Waals surface area contributed by atoms with Crippen molar-refractivity contribution >= 4 is 11.6 Å². The van der Waals surface area contributed by atoms with Crippen LogP contribution in [0.2, 0.25) is 0 Å². The molecule has 0 N–H and O–H groups in total. The summed E-state index contributed by atoms with van der Waals surface area (Å²) in [4.78, 5) is 19.2. The summed E-state index contributed by atoms with van der Waals surface area (Å²) in [5.41, 5.74) is 3.41. The van der Waals surface area contributed by atoms with Crippen molar-refractivity contribution in [3.63, 3.8) is 0 Å². The van der Waals surface area contributed by atoms with E-state index in [1.54, 1.807) is 12.4 Å². The van der Waals surface area contributed by atoms with Crippen molar-refractivity contribution in [2.24, 2.45) is 5.92 Å². The second-order valence-corrected chi connectivity index (χ2v) is 8.26. The van der Waals surface area contributed by atoms with E-state index in [0.29, 0.717) is 23.9 Å². The van der Waals surface area contributed by atoms with Crippen LogP contribution in [-0.2, 0) is 6.42 Å². The largest absolute Gasteiger partial charge is 0.419 e. The molecule has 8 heteroatoms. The first kappa shape index (κ1) is 20.9. The Labute approximate surface area is 191 Å². The number of hydrogen-bond acceptors (Lipinski definition) is 8. The highest BCUT2D eigenvalue weighted by Crippen LogP contribution is 2.26. The summed E-state index contributed by atoms with van der Waals surface area (Å²) in [6, 6.07) is 15.4. The molecule has 0 spiro atoms. The molecular formula is C25H24N6O2. The molecule has 1 aliphatic heterocycles. The van der Waals surface area contributed by atoms with Gasteiger partial charge in [-0.25, -0.2) is 0 Å². The van der Waals surface area contributed by atoms with Gasteiger partial charge in [-0.15, -0.1) is 20.4 Å². The van der Waals surface area contributed by atoms with Crippen LogP contribution in [0.15, 0.2) is 65.3 Å². The van der Waals surface area contributed by atoms with Gasteiger partial charge in [0.25, 0.3) is 5.89 Å². The van der Waals surface area contributed by atoms with E-state index in [2.05, 4.69) is 30.3 Å². The number of nitrogens with zero attached hydrogens (tertiary/aromatic N) is 6. The molecule has 1 aromatic carbocycles. The fourth-order valence-electron chi connectivity index (χ4n) is 4.15. The quantitative estimate of drug-likeness (QED) is 0.416. The second-order valence-electron chi connectivity index (χ2n) is 8.26. The zero-order chi connectivity index (χ0) is 22.6. The standard InChI is InChI=1S/C25H24N6O2/c1-17-5-2-3-7-20(17)24(32)19-10-13-31(14-11-19)22-9-8-21(27-28-22)25-30-29-23(33-25)15-18-6-4-12-26-16-18/h2-9,12,16,19H,10-11,13-15H2,1H3. The fraction of sp³-hybridized carbons (Fsp3) is 0.280. The monoisotopic (exact) mass is 440 g/mol. The maximum atomic E-state index is 12.9. The number of pyridine rings is 1. The minimum atomic E-state index is 0.0474. The lowest BCUT2D eigenvalue weighted by Gasteiger charge is -2.32. The van der Waals surface area contributed by atoms with Crippen LogP contribution in [0.25, 0.3) is 11.6 Å². The van der Waals surface area contributed by atoms with Gasteiger partial charge in [-0.3, -0.25) is 9.78 Å². The van der Waals surface area contributed by atoms with Crippen LogP contribution in [0, 0.1) is 12.8 Å².